The van der Waals surface area contributed by atoms with E-state index in [0.717, 1.165) is 11.3 Å². The average Bonchev–Trinajstić information content (AvgIpc) is 1.94. The molecule has 1 rings (SSSR count). The van der Waals surface area contributed by atoms with Crippen LogP contribution in [0.3, 0.4) is 0 Å². The minimum Gasteiger partial charge on any atom is -0.294 e. The lowest BCUT2D eigenvalue weighted by atomic mass is 10.1. The molecule has 0 unspecified atom stereocenters. The second kappa shape index (κ2) is 2.82. The van der Waals surface area contributed by atoms with Gasteiger partial charge >= 0.3 is 0 Å². The van der Waals surface area contributed by atoms with Crippen molar-refractivity contribution in [3.8, 4) is 0 Å². The zero-order valence-corrected chi connectivity index (χ0v) is 7.01. The van der Waals surface area contributed by atoms with Crippen molar-refractivity contribution in [1.82, 2.24) is 4.98 Å². The van der Waals surface area contributed by atoms with Crippen LogP contribution in [0.5, 0.6) is 0 Å². The number of ketones is 1. The van der Waals surface area contributed by atoms with Gasteiger partial charge in [0.1, 0.15) is 0 Å². The van der Waals surface area contributed by atoms with Gasteiger partial charge in [-0.25, -0.2) is 0 Å². The molecule has 0 saturated heterocycles. The molecular formula is C9H11NO. The first-order valence-electron chi connectivity index (χ1n) is 3.55. The molecule has 0 amide bonds. The highest BCUT2D eigenvalue weighted by molar-refractivity contribution is 5.93. The van der Waals surface area contributed by atoms with Crippen molar-refractivity contribution in [1.29, 1.82) is 0 Å². The Morgan fingerprint density at radius 3 is 2.55 bits per heavy atom. The molecule has 0 atom stereocenters. The third-order valence-corrected chi connectivity index (χ3v) is 1.75. The van der Waals surface area contributed by atoms with Crippen molar-refractivity contribution in [2.24, 2.45) is 0 Å². The van der Waals surface area contributed by atoms with Crippen LogP contribution in [0, 0.1) is 13.8 Å². The number of aromatic nitrogens is 1. The lowest BCUT2D eigenvalue weighted by Crippen LogP contribution is -1.96. The predicted octanol–water partition coefficient (Wildman–Crippen LogP) is 1.90. The molecule has 58 valence electrons. The summed E-state index contributed by atoms with van der Waals surface area (Å²) < 4.78 is 0. The molecule has 0 saturated carbocycles. The Hall–Kier alpha value is -1.18. The SMILES string of the molecule is CC(=O)c1cnc(C)c(C)c1. The minimum absolute atomic E-state index is 0.0700. The number of aryl methyl sites for hydroxylation is 2. The van der Waals surface area contributed by atoms with Gasteiger partial charge in [0.25, 0.3) is 0 Å². The van der Waals surface area contributed by atoms with E-state index < -0.39 is 0 Å². The topological polar surface area (TPSA) is 30.0 Å². The second-order valence-corrected chi connectivity index (χ2v) is 2.68. The number of pyridine rings is 1. The number of nitrogens with zero attached hydrogens (tertiary/aromatic N) is 1. The summed E-state index contributed by atoms with van der Waals surface area (Å²) in [7, 11) is 0. The van der Waals surface area contributed by atoms with Gasteiger partial charge in [-0.05, 0) is 32.4 Å². The number of carbonyl (C=O) groups is 1. The van der Waals surface area contributed by atoms with E-state index in [1.807, 2.05) is 19.9 Å². The smallest absolute Gasteiger partial charge is 0.161 e. The summed E-state index contributed by atoms with van der Waals surface area (Å²) in [6.45, 7) is 5.43. The monoisotopic (exact) mass is 149 g/mol. The fourth-order valence-corrected chi connectivity index (χ4v) is 0.836. The van der Waals surface area contributed by atoms with Gasteiger partial charge in [-0.1, -0.05) is 0 Å². The zero-order valence-electron chi connectivity index (χ0n) is 7.01. The van der Waals surface area contributed by atoms with Crippen LogP contribution in [0.4, 0.5) is 0 Å². The van der Waals surface area contributed by atoms with Gasteiger partial charge in [-0.3, -0.25) is 9.78 Å². The first-order chi connectivity index (χ1) is 5.11. The van der Waals surface area contributed by atoms with Gasteiger partial charge in [0.15, 0.2) is 5.78 Å². The third kappa shape index (κ3) is 1.64. The zero-order chi connectivity index (χ0) is 8.43. The van der Waals surface area contributed by atoms with Crippen molar-refractivity contribution in [3.63, 3.8) is 0 Å². The predicted molar refractivity (Wildman–Crippen MR) is 43.7 cm³/mol. The Morgan fingerprint density at radius 1 is 1.45 bits per heavy atom. The molecule has 0 spiro atoms. The normalized spacial score (nSPS) is 9.73. The molecule has 1 aromatic heterocycles. The molecule has 0 aromatic carbocycles. The molecule has 0 bridgehead atoms. The summed E-state index contributed by atoms with van der Waals surface area (Å²) in [5.74, 6) is 0.0700. The quantitative estimate of drug-likeness (QED) is 0.571. The first kappa shape index (κ1) is 7.92. The summed E-state index contributed by atoms with van der Waals surface area (Å²) in [6, 6.07) is 1.87. The Balaban J connectivity index is 3.15. The van der Waals surface area contributed by atoms with Crippen LogP contribution < -0.4 is 0 Å². The standard InChI is InChI=1S/C9H11NO/c1-6-4-9(8(3)11)5-10-7(6)2/h4-5H,1-3H3. The van der Waals surface area contributed by atoms with Gasteiger partial charge in [-0.2, -0.15) is 0 Å². The summed E-state index contributed by atoms with van der Waals surface area (Å²) in [4.78, 5) is 14.9. The van der Waals surface area contributed by atoms with Gasteiger partial charge in [-0.15, -0.1) is 0 Å². The molecule has 1 heterocycles. The fourth-order valence-electron chi connectivity index (χ4n) is 0.836. The maximum Gasteiger partial charge on any atom is 0.161 e. The highest BCUT2D eigenvalue weighted by Gasteiger charge is 2.00. The van der Waals surface area contributed by atoms with E-state index in [9.17, 15) is 4.79 Å². The maximum absolute atomic E-state index is 10.9. The van der Waals surface area contributed by atoms with Gasteiger partial charge in [0.05, 0.1) is 0 Å². The summed E-state index contributed by atoms with van der Waals surface area (Å²) in [6.07, 6.45) is 1.62. The largest absolute Gasteiger partial charge is 0.294 e. The molecule has 0 aliphatic heterocycles. The number of rotatable bonds is 1. The minimum atomic E-state index is 0.0700. The van der Waals surface area contributed by atoms with E-state index in [0.29, 0.717) is 5.56 Å². The lowest BCUT2D eigenvalue weighted by molar-refractivity contribution is 0.101. The first-order valence-corrected chi connectivity index (χ1v) is 3.55. The number of hydrogen-bond donors (Lipinski definition) is 0. The maximum atomic E-state index is 10.9. The Bertz CT molecular complexity index is 292. The summed E-state index contributed by atoms with van der Waals surface area (Å²) in [5, 5.41) is 0. The van der Waals surface area contributed by atoms with E-state index >= 15 is 0 Å². The highest BCUT2D eigenvalue weighted by Crippen LogP contribution is 2.06. The van der Waals surface area contributed by atoms with Crippen LogP contribution in [0.25, 0.3) is 0 Å². The molecule has 0 aliphatic carbocycles. The molecule has 0 N–H and O–H groups in total. The molecule has 0 radical (unpaired) electrons. The molecule has 2 heteroatoms. The van der Waals surface area contributed by atoms with Crippen LogP contribution in [-0.4, -0.2) is 10.8 Å². The Kier molecular flexibility index (Phi) is 2.03. The fraction of sp³-hybridized carbons (Fsp3) is 0.333. The van der Waals surface area contributed by atoms with E-state index in [1.54, 1.807) is 13.1 Å². The molecular weight excluding hydrogens is 138 g/mol. The van der Waals surface area contributed by atoms with E-state index in [-0.39, 0.29) is 5.78 Å². The van der Waals surface area contributed by atoms with Crippen LogP contribution >= 0.6 is 0 Å². The van der Waals surface area contributed by atoms with Crippen molar-refractivity contribution >= 4 is 5.78 Å². The van der Waals surface area contributed by atoms with Crippen molar-refractivity contribution < 1.29 is 4.79 Å². The van der Waals surface area contributed by atoms with Gasteiger partial charge < -0.3 is 0 Å². The van der Waals surface area contributed by atoms with Crippen LogP contribution in [-0.2, 0) is 0 Å². The number of hydrogen-bond acceptors (Lipinski definition) is 2. The van der Waals surface area contributed by atoms with Gasteiger partial charge in [0, 0.05) is 17.5 Å². The number of Topliss-reactive ketones (excluding diaryl/α,β-unsaturated/α-hetero) is 1. The third-order valence-electron chi connectivity index (χ3n) is 1.75. The lowest BCUT2D eigenvalue weighted by Gasteiger charge is -1.99. The van der Waals surface area contributed by atoms with Crippen LogP contribution in [0.2, 0.25) is 0 Å². The van der Waals surface area contributed by atoms with E-state index in [4.69, 9.17) is 0 Å². The van der Waals surface area contributed by atoms with Crippen molar-refractivity contribution in [2.75, 3.05) is 0 Å². The average molecular weight is 149 g/mol. The Labute approximate surface area is 66.3 Å². The van der Waals surface area contributed by atoms with E-state index in [2.05, 4.69) is 4.98 Å². The van der Waals surface area contributed by atoms with Crippen LogP contribution in [0.15, 0.2) is 12.3 Å². The van der Waals surface area contributed by atoms with Gasteiger partial charge in [0.2, 0.25) is 0 Å². The van der Waals surface area contributed by atoms with Crippen molar-refractivity contribution in [2.45, 2.75) is 20.8 Å². The summed E-state index contributed by atoms with van der Waals surface area (Å²) >= 11 is 0. The summed E-state index contributed by atoms with van der Waals surface area (Å²) in [5.41, 5.74) is 2.74. The highest BCUT2D eigenvalue weighted by atomic mass is 16.1. The molecule has 2 nitrogen and oxygen atoms in total. The molecule has 0 fully saturated rings. The van der Waals surface area contributed by atoms with E-state index in [1.165, 1.54) is 0 Å². The molecule has 0 aliphatic rings. The molecule has 1 aromatic rings. The van der Waals surface area contributed by atoms with Crippen molar-refractivity contribution in [3.05, 3.63) is 29.1 Å². The van der Waals surface area contributed by atoms with Crippen LogP contribution in [0.1, 0.15) is 28.5 Å². The molecule has 11 heavy (non-hydrogen) atoms. The Morgan fingerprint density at radius 2 is 2.09 bits per heavy atom. The number of carbonyl (C=O) groups excluding carboxylic acids is 1. The second-order valence-electron chi connectivity index (χ2n) is 2.68.